The molecule has 3 atom stereocenters. The minimum absolute atomic E-state index is 0.0206. The summed E-state index contributed by atoms with van der Waals surface area (Å²) in [5.74, 6) is -0.180. The summed E-state index contributed by atoms with van der Waals surface area (Å²) in [6.07, 6.45) is 1.06. The van der Waals surface area contributed by atoms with Gasteiger partial charge in [0.2, 0.25) is 0 Å². The molecule has 2 N–H and O–H groups in total. The van der Waals surface area contributed by atoms with Crippen LogP contribution in [0, 0.1) is 0 Å². The van der Waals surface area contributed by atoms with Gasteiger partial charge in [0.1, 0.15) is 5.15 Å². The van der Waals surface area contributed by atoms with E-state index in [0.717, 1.165) is 16.7 Å². The van der Waals surface area contributed by atoms with E-state index in [1.54, 1.807) is 23.0 Å². The molecular formula is C28H25Cl2N3O4. The first-order valence-corrected chi connectivity index (χ1v) is 12.6. The van der Waals surface area contributed by atoms with Gasteiger partial charge >= 0.3 is 0 Å². The Morgan fingerprint density at radius 1 is 0.973 bits per heavy atom. The highest BCUT2D eigenvalue weighted by atomic mass is 35.5. The van der Waals surface area contributed by atoms with Gasteiger partial charge in [0, 0.05) is 23.2 Å². The lowest BCUT2D eigenvalue weighted by molar-refractivity contribution is -0.252. The summed E-state index contributed by atoms with van der Waals surface area (Å²) in [4.78, 5) is 16.6. The monoisotopic (exact) mass is 537 g/mol. The summed E-state index contributed by atoms with van der Waals surface area (Å²) in [5, 5.41) is 12.9. The first kappa shape index (κ1) is 25.4. The fourth-order valence-corrected chi connectivity index (χ4v) is 4.55. The molecule has 3 aromatic carbocycles. The molecule has 9 heteroatoms. The first-order chi connectivity index (χ1) is 18.0. The fourth-order valence-electron chi connectivity index (χ4n) is 4.24. The van der Waals surface area contributed by atoms with Crippen LogP contribution in [0.15, 0.2) is 85.2 Å². The van der Waals surface area contributed by atoms with Crippen LogP contribution in [-0.2, 0) is 22.6 Å². The van der Waals surface area contributed by atoms with Gasteiger partial charge in [-0.2, -0.15) is 0 Å². The molecule has 0 aliphatic carbocycles. The molecule has 0 radical (unpaired) electrons. The average Bonchev–Trinajstić information content (AvgIpc) is 3.26. The third-order valence-electron chi connectivity index (χ3n) is 6.22. The number of carbonyl (C=O) groups excluding carboxylic acids is 1. The van der Waals surface area contributed by atoms with Crippen molar-refractivity contribution in [1.82, 2.24) is 9.55 Å². The van der Waals surface area contributed by atoms with Gasteiger partial charge in [-0.15, -0.1) is 0 Å². The number of halogens is 2. The molecule has 190 valence electrons. The molecule has 5 rings (SSSR count). The fraction of sp³-hybridized carbons (Fsp3) is 0.214. The lowest BCUT2D eigenvalue weighted by atomic mass is 10.00. The second-order valence-electron chi connectivity index (χ2n) is 8.77. The van der Waals surface area contributed by atoms with Crippen LogP contribution >= 0.6 is 23.2 Å². The van der Waals surface area contributed by atoms with Crippen LogP contribution in [0.4, 0.5) is 5.69 Å². The molecule has 37 heavy (non-hydrogen) atoms. The third kappa shape index (κ3) is 6.04. The van der Waals surface area contributed by atoms with Crippen molar-refractivity contribution in [3.63, 3.8) is 0 Å². The summed E-state index contributed by atoms with van der Waals surface area (Å²) in [5.41, 5.74) is 3.88. The number of imidazole rings is 1. The van der Waals surface area contributed by atoms with Gasteiger partial charge in [0.15, 0.2) is 11.4 Å². The zero-order chi connectivity index (χ0) is 25.8. The number of nitrogens with zero attached hydrogens (tertiary/aromatic N) is 2. The van der Waals surface area contributed by atoms with Crippen LogP contribution in [-0.4, -0.2) is 26.7 Å². The van der Waals surface area contributed by atoms with Crippen LogP contribution in [0.1, 0.15) is 45.9 Å². The molecule has 0 spiro atoms. The van der Waals surface area contributed by atoms with Gasteiger partial charge in [0.25, 0.3) is 5.91 Å². The van der Waals surface area contributed by atoms with Crippen molar-refractivity contribution in [2.45, 2.75) is 38.1 Å². The molecule has 1 amide bonds. The van der Waals surface area contributed by atoms with E-state index >= 15 is 0 Å². The summed E-state index contributed by atoms with van der Waals surface area (Å²) in [7, 11) is 0. The topological polar surface area (TPSA) is 85.6 Å². The summed E-state index contributed by atoms with van der Waals surface area (Å²) in [6, 6.07) is 24.1. The van der Waals surface area contributed by atoms with Crippen molar-refractivity contribution in [2.24, 2.45) is 0 Å². The Hall–Kier alpha value is -3.20. The van der Waals surface area contributed by atoms with Crippen molar-refractivity contribution in [2.75, 3.05) is 5.32 Å². The minimum atomic E-state index is -0.641. The number of aliphatic hydroxyl groups is 1. The van der Waals surface area contributed by atoms with Gasteiger partial charge < -0.3 is 24.5 Å². The third-order valence-corrected chi connectivity index (χ3v) is 6.99. The van der Waals surface area contributed by atoms with E-state index in [2.05, 4.69) is 10.3 Å². The molecule has 2 heterocycles. The highest BCUT2D eigenvalue weighted by Gasteiger charge is 2.33. The maximum absolute atomic E-state index is 12.5. The first-order valence-electron chi connectivity index (χ1n) is 11.8. The standard InChI is InChI=1S/C28H25Cl2N3O4/c29-25-26(30)33(17-31-25)15-23-14-24(19-8-6-18(16-34)7-9-19)37-28(36-23)21-10-12-22(13-11-21)32-27(35)20-4-2-1-3-5-20/h1-13,17,23-24,28,34H,14-16H2,(H,32,35)/t23-,24+,28+/m1/s1. The highest BCUT2D eigenvalue weighted by Crippen LogP contribution is 2.39. The van der Waals surface area contributed by atoms with Crippen LogP contribution in [0.3, 0.4) is 0 Å². The second-order valence-corrected chi connectivity index (χ2v) is 9.49. The summed E-state index contributed by atoms with van der Waals surface area (Å²) in [6.45, 7) is 0.433. The van der Waals surface area contributed by atoms with Crippen molar-refractivity contribution >= 4 is 34.8 Å². The number of aromatic nitrogens is 2. The van der Waals surface area contributed by atoms with E-state index in [9.17, 15) is 9.90 Å². The second kappa shape index (κ2) is 11.5. The molecule has 1 saturated heterocycles. The number of hydrogen-bond donors (Lipinski definition) is 2. The smallest absolute Gasteiger partial charge is 0.255 e. The largest absolute Gasteiger partial charge is 0.392 e. The molecule has 0 unspecified atom stereocenters. The van der Waals surface area contributed by atoms with Crippen molar-refractivity contribution in [1.29, 1.82) is 0 Å². The molecule has 1 aliphatic rings. The molecule has 1 fully saturated rings. The van der Waals surface area contributed by atoms with Gasteiger partial charge in [0.05, 0.1) is 31.7 Å². The number of aliphatic hydroxyl groups excluding tert-OH is 1. The molecular weight excluding hydrogens is 513 g/mol. The average molecular weight is 538 g/mol. The van der Waals surface area contributed by atoms with Crippen LogP contribution in [0.25, 0.3) is 0 Å². The Morgan fingerprint density at radius 3 is 2.32 bits per heavy atom. The maximum Gasteiger partial charge on any atom is 0.255 e. The van der Waals surface area contributed by atoms with Gasteiger partial charge in [-0.25, -0.2) is 4.98 Å². The Kier molecular flexibility index (Phi) is 7.88. The number of anilines is 1. The summed E-state index contributed by atoms with van der Waals surface area (Å²) >= 11 is 12.3. The van der Waals surface area contributed by atoms with Gasteiger partial charge in [-0.3, -0.25) is 4.79 Å². The Morgan fingerprint density at radius 2 is 1.68 bits per heavy atom. The number of hydrogen-bond acceptors (Lipinski definition) is 5. The molecule has 0 bridgehead atoms. The normalized spacial score (nSPS) is 19.5. The van der Waals surface area contributed by atoms with Gasteiger partial charge in [-0.1, -0.05) is 77.8 Å². The zero-order valence-corrected chi connectivity index (χ0v) is 21.3. The number of ether oxygens (including phenoxy) is 2. The minimum Gasteiger partial charge on any atom is -0.392 e. The van der Waals surface area contributed by atoms with E-state index in [4.69, 9.17) is 32.7 Å². The number of rotatable bonds is 7. The number of benzene rings is 3. The lowest BCUT2D eigenvalue weighted by Gasteiger charge is -2.36. The highest BCUT2D eigenvalue weighted by molar-refractivity contribution is 6.40. The van der Waals surface area contributed by atoms with Crippen LogP contribution in [0.2, 0.25) is 10.3 Å². The van der Waals surface area contributed by atoms with E-state index in [-0.39, 0.29) is 29.9 Å². The number of amides is 1. The zero-order valence-electron chi connectivity index (χ0n) is 19.8. The Bertz CT molecular complexity index is 1340. The predicted molar refractivity (Wildman–Crippen MR) is 142 cm³/mol. The number of nitrogens with one attached hydrogen (secondary N) is 1. The van der Waals surface area contributed by atoms with Gasteiger partial charge in [-0.05, 0) is 35.4 Å². The lowest BCUT2D eigenvalue weighted by Crippen LogP contribution is -2.32. The van der Waals surface area contributed by atoms with Crippen molar-refractivity contribution < 1.29 is 19.4 Å². The van der Waals surface area contributed by atoms with Crippen molar-refractivity contribution in [3.05, 3.63) is 118 Å². The van der Waals surface area contributed by atoms with Crippen molar-refractivity contribution in [3.8, 4) is 0 Å². The molecule has 1 aromatic heterocycles. The van der Waals surface area contributed by atoms with E-state index < -0.39 is 6.29 Å². The SMILES string of the molecule is O=C(Nc1ccc([C@H]2O[C@@H](Cn3cnc(Cl)c3Cl)C[C@@H](c3ccc(CO)cc3)O2)cc1)c1ccccc1. The summed E-state index contributed by atoms with van der Waals surface area (Å²) < 4.78 is 14.5. The molecule has 4 aromatic rings. The Balaban J connectivity index is 1.35. The molecule has 0 saturated carbocycles. The number of carbonyl (C=O) groups is 1. The predicted octanol–water partition coefficient (Wildman–Crippen LogP) is 6.18. The van der Waals surface area contributed by atoms with E-state index in [1.807, 2.05) is 66.7 Å². The molecule has 7 nitrogen and oxygen atoms in total. The van der Waals surface area contributed by atoms with Crippen LogP contribution < -0.4 is 5.32 Å². The van der Waals surface area contributed by atoms with Crippen LogP contribution in [0.5, 0.6) is 0 Å². The van der Waals surface area contributed by atoms with E-state index in [0.29, 0.717) is 29.4 Å². The van der Waals surface area contributed by atoms with E-state index in [1.165, 1.54) is 0 Å². The maximum atomic E-state index is 12.5. The quantitative estimate of drug-likeness (QED) is 0.294. The molecule has 1 aliphatic heterocycles. The Labute approximate surface area is 224 Å².